The molecule has 0 radical (unpaired) electrons. The quantitative estimate of drug-likeness (QED) is 0.478. The number of benzene rings is 1. The predicted octanol–water partition coefficient (Wildman–Crippen LogP) is 2.73. The summed E-state index contributed by atoms with van der Waals surface area (Å²) in [4.78, 5) is 49.4. The van der Waals surface area contributed by atoms with E-state index in [0.717, 1.165) is 23.1 Å². The van der Waals surface area contributed by atoms with Crippen molar-refractivity contribution >= 4 is 35.1 Å². The minimum absolute atomic E-state index is 0.0659. The molecule has 3 rings (SSSR count). The molecule has 2 aromatic rings. The minimum Gasteiger partial charge on any atom is -0.459 e. The predicted molar refractivity (Wildman–Crippen MR) is 108 cm³/mol. The molecule has 0 fully saturated rings. The Morgan fingerprint density at radius 1 is 1.27 bits per heavy atom. The Labute approximate surface area is 185 Å². The van der Waals surface area contributed by atoms with Crippen LogP contribution in [0.5, 0.6) is 0 Å². The van der Waals surface area contributed by atoms with Gasteiger partial charge in [-0.2, -0.15) is 13.2 Å². The molecule has 1 unspecified atom stereocenters. The molecule has 176 valence electrons. The zero-order valence-corrected chi connectivity index (χ0v) is 17.4. The number of amides is 3. The molecule has 2 N–H and O–H groups in total. The highest BCUT2D eigenvalue weighted by Gasteiger charge is 2.35. The van der Waals surface area contributed by atoms with Crippen LogP contribution < -0.4 is 15.5 Å². The summed E-state index contributed by atoms with van der Waals surface area (Å²) in [7, 11) is 0. The number of halogens is 3. The van der Waals surface area contributed by atoms with Crippen LogP contribution in [0, 0.1) is 0 Å². The van der Waals surface area contributed by atoms with E-state index in [1.54, 1.807) is 6.07 Å². The lowest BCUT2D eigenvalue weighted by atomic mass is 10.1. The average molecular weight is 467 g/mol. The standard InChI is InChI=1S/C21H20F3N3O6/c1-12(33-18(29)5-2-8-25-19(30)16-4-3-9-32-16)20(31)27-11-17(28)26-14-10-13(21(22,23)24)6-7-15(14)27/h3-4,6-7,9-10,12H,2,5,8,11H2,1H3,(H,25,30)(H,26,28). The fraction of sp³-hybridized carbons (Fsp3) is 0.333. The number of hydrogen-bond donors (Lipinski definition) is 2. The fourth-order valence-electron chi connectivity index (χ4n) is 3.12. The first-order valence-corrected chi connectivity index (χ1v) is 9.90. The van der Waals surface area contributed by atoms with Crippen molar-refractivity contribution in [2.24, 2.45) is 0 Å². The summed E-state index contributed by atoms with van der Waals surface area (Å²) in [5.74, 6) is -2.46. The number of hydrogen-bond acceptors (Lipinski definition) is 6. The number of fused-ring (bicyclic) bond motifs is 1. The third-order valence-corrected chi connectivity index (χ3v) is 4.70. The number of nitrogens with zero attached hydrogens (tertiary/aromatic N) is 1. The molecule has 9 nitrogen and oxygen atoms in total. The van der Waals surface area contributed by atoms with E-state index in [1.165, 1.54) is 19.3 Å². The lowest BCUT2D eigenvalue weighted by Gasteiger charge is -2.31. The van der Waals surface area contributed by atoms with Gasteiger partial charge in [-0.1, -0.05) is 0 Å². The van der Waals surface area contributed by atoms with E-state index < -0.39 is 48.1 Å². The molecule has 1 aromatic heterocycles. The van der Waals surface area contributed by atoms with Crippen molar-refractivity contribution in [1.82, 2.24) is 5.32 Å². The van der Waals surface area contributed by atoms with Crippen molar-refractivity contribution < 1.29 is 41.5 Å². The van der Waals surface area contributed by atoms with Gasteiger partial charge in [0.25, 0.3) is 11.8 Å². The van der Waals surface area contributed by atoms with Gasteiger partial charge in [0.1, 0.15) is 6.54 Å². The first-order valence-electron chi connectivity index (χ1n) is 9.90. The topological polar surface area (TPSA) is 118 Å². The molecular weight excluding hydrogens is 447 g/mol. The van der Waals surface area contributed by atoms with E-state index >= 15 is 0 Å². The van der Waals surface area contributed by atoms with Crippen molar-refractivity contribution in [2.45, 2.75) is 32.0 Å². The summed E-state index contributed by atoms with van der Waals surface area (Å²) < 4.78 is 48.9. The van der Waals surface area contributed by atoms with Crippen LogP contribution in [-0.2, 0) is 25.3 Å². The van der Waals surface area contributed by atoms with Crippen LogP contribution in [0.1, 0.15) is 35.9 Å². The van der Waals surface area contributed by atoms with Crippen LogP contribution in [-0.4, -0.2) is 42.9 Å². The van der Waals surface area contributed by atoms with Gasteiger partial charge in [-0.15, -0.1) is 0 Å². The number of rotatable bonds is 7. The highest BCUT2D eigenvalue weighted by molar-refractivity contribution is 6.11. The van der Waals surface area contributed by atoms with Gasteiger partial charge in [0, 0.05) is 13.0 Å². The van der Waals surface area contributed by atoms with Gasteiger partial charge in [0.15, 0.2) is 11.9 Å². The molecular formula is C21H20F3N3O6. The molecule has 1 atom stereocenters. The van der Waals surface area contributed by atoms with Crippen molar-refractivity contribution in [3.8, 4) is 0 Å². The zero-order chi connectivity index (χ0) is 24.2. The molecule has 2 heterocycles. The third-order valence-electron chi connectivity index (χ3n) is 4.70. The number of ether oxygens (including phenoxy) is 1. The molecule has 1 aliphatic rings. The molecule has 0 saturated carbocycles. The van der Waals surface area contributed by atoms with Gasteiger partial charge < -0.3 is 19.8 Å². The maximum absolute atomic E-state index is 12.9. The Bertz CT molecular complexity index is 1050. The molecule has 12 heteroatoms. The molecule has 1 aliphatic heterocycles. The molecule has 33 heavy (non-hydrogen) atoms. The van der Waals surface area contributed by atoms with Gasteiger partial charge >= 0.3 is 12.1 Å². The Morgan fingerprint density at radius 3 is 2.70 bits per heavy atom. The SMILES string of the molecule is CC(OC(=O)CCCNC(=O)c1ccco1)C(=O)N1CC(=O)Nc2cc(C(F)(F)F)ccc21. The summed E-state index contributed by atoms with van der Waals surface area (Å²) in [5.41, 5.74) is -1.08. The zero-order valence-electron chi connectivity index (χ0n) is 17.4. The second-order valence-electron chi connectivity index (χ2n) is 7.17. The van der Waals surface area contributed by atoms with Crippen LogP contribution in [0.25, 0.3) is 0 Å². The van der Waals surface area contributed by atoms with Gasteiger partial charge in [-0.25, -0.2) is 0 Å². The van der Waals surface area contributed by atoms with Crippen molar-refractivity contribution in [3.63, 3.8) is 0 Å². The Morgan fingerprint density at radius 2 is 2.03 bits per heavy atom. The summed E-state index contributed by atoms with van der Waals surface area (Å²) in [5, 5.41) is 4.87. The molecule has 0 saturated heterocycles. The van der Waals surface area contributed by atoms with Gasteiger partial charge in [0.05, 0.1) is 23.2 Å². The normalized spacial score (nSPS) is 14.2. The van der Waals surface area contributed by atoms with Crippen molar-refractivity contribution in [2.75, 3.05) is 23.3 Å². The Kier molecular flexibility index (Phi) is 7.04. The monoisotopic (exact) mass is 467 g/mol. The largest absolute Gasteiger partial charge is 0.459 e. The number of anilines is 2. The first-order chi connectivity index (χ1) is 15.6. The van der Waals surface area contributed by atoms with E-state index in [4.69, 9.17) is 9.15 Å². The second kappa shape index (κ2) is 9.76. The van der Waals surface area contributed by atoms with E-state index in [2.05, 4.69) is 10.6 Å². The van der Waals surface area contributed by atoms with Gasteiger partial charge in [-0.3, -0.25) is 24.1 Å². The van der Waals surface area contributed by atoms with E-state index in [1.807, 2.05) is 0 Å². The lowest BCUT2D eigenvalue weighted by molar-refractivity contribution is -0.154. The van der Waals surface area contributed by atoms with Crippen molar-refractivity contribution in [1.29, 1.82) is 0 Å². The smallest absolute Gasteiger partial charge is 0.416 e. The number of carbonyl (C=O) groups excluding carboxylic acids is 4. The third kappa shape index (κ3) is 5.90. The van der Waals surface area contributed by atoms with E-state index in [9.17, 15) is 32.3 Å². The number of furan rings is 1. The number of alkyl halides is 3. The average Bonchev–Trinajstić information content (AvgIpc) is 3.29. The summed E-state index contributed by atoms with van der Waals surface area (Å²) in [6, 6.07) is 5.65. The Balaban J connectivity index is 1.54. The highest BCUT2D eigenvalue weighted by atomic mass is 19.4. The molecule has 0 bridgehead atoms. The number of carbonyl (C=O) groups is 4. The van der Waals surface area contributed by atoms with Crippen LogP contribution in [0.4, 0.5) is 24.5 Å². The first kappa shape index (κ1) is 23.8. The number of esters is 1. The minimum atomic E-state index is -4.62. The Hall–Kier alpha value is -3.83. The van der Waals surface area contributed by atoms with Gasteiger partial charge in [0.2, 0.25) is 5.91 Å². The number of nitrogens with one attached hydrogen (secondary N) is 2. The van der Waals surface area contributed by atoms with Crippen LogP contribution in [0.3, 0.4) is 0 Å². The lowest BCUT2D eigenvalue weighted by Crippen LogP contribution is -2.47. The highest BCUT2D eigenvalue weighted by Crippen LogP contribution is 2.37. The summed E-state index contributed by atoms with van der Waals surface area (Å²) in [6.45, 7) is 1.03. The van der Waals surface area contributed by atoms with E-state index in [0.29, 0.717) is 0 Å². The summed E-state index contributed by atoms with van der Waals surface area (Å²) in [6.07, 6.45) is -4.41. The fourth-order valence-corrected chi connectivity index (χ4v) is 3.12. The van der Waals surface area contributed by atoms with Crippen LogP contribution in [0.2, 0.25) is 0 Å². The maximum atomic E-state index is 12.9. The summed E-state index contributed by atoms with van der Waals surface area (Å²) >= 11 is 0. The second-order valence-corrected chi connectivity index (χ2v) is 7.17. The van der Waals surface area contributed by atoms with Crippen LogP contribution in [0.15, 0.2) is 41.0 Å². The van der Waals surface area contributed by atoms with Gasteiger partial charge in [-0.05, 0) is 43.7 Å². The molecule has 0 spiro atoms. The van der Waals surface area contributed by atoms with E-state index in [-0.39, 0.29) is 36.5 Å². The maximum Gasteiger partial charge on any atom is 0.416 e. The molecule has 3 amide bonds. The van der Waals surface area contributed by atoms with Crippen molar-refractivity contribution in [3.05, 3.63) is 47.9 Å². The van der Waals surface area contributed by atoms with Crippen LogP contribution >= 0.6 is 0 Å². The molecule has 1 aromatic carbocycles. The molecule has 0 aliphatic carbocycles.